The van der Waals surface area contributed by atoms with Crippen LogP contribution < -0.4 is 10.9 Å². The molecule has 2 unspecified atom stereocenters. The highest BCUT2D eigenvalue weighted by atomic mass is 32.1. The first-order valence-corrected chi connectivity index (χ1v) is 8.03. The van der Waals surface area contributed by atoms with E-state index in [0.29, 0.717) is 19.1 Å². The Balaban J connectivity index is 1.61. The molecule has 0 aromatic carbocycles. The summed E-state index contributed by atoms with van der Waals surface area (Å²) in [6.45, 7) is 1.07. The molecule has 1 N–H and O–H groups in total. The summed E-state index contributed by atoms with van der Waals surface area (Å²) < 4.78 is 7.15. The van der Waals surface area contributed by atoms with Crippen LogP contribution in [-0.4, -0.2) is 34.0 Å². The van der Waals surface area contributed by atoms with Crippen LogP contribution in [0.2, 0.25) is 0 Å². The number of nitrogens with one attached hydrogen (secondary N) is 1. The minimum atomic E-state index is -0.0832. The third kappa shape index (κ3) is 2.58. The number of hydrogen-bond donors (Lipinski definition) is 1. The van der Waals surface area contributed by atoms with Crippen LogP contribution in [0.3, 0.4) is 0 Å². The van der Waals surface area contributed by atoms with Crippen molar-refractivity contribution < 1.29 is 4.74 Å². The van der Waals surface area contributed by atoms with Gasteiger partial charge in [0.15, 0.2) is 5.13 Å². The first kappa shape index (κ1) is 13.0. The van der Waals surface area contributed by atoms with E-state index in [1.54, 1.807) is 28.3 Å². The molecule has 0 bridgehead atoms. The Labute approximate surface area is 125 Å². The van der Waals surface area contributed by atoms with Crippen molar-refractivity contribution in [2.45, 2.75) is 30.8 Å². The Morgan fingerprint density at radius 2 is 2.24 bits per heavy atom. The van der Waals surface area contributed by atoms with Gasteiger partial charge in [-0.1, -0.05) is 0 Å². The standard InChI is InChI=1S/C14H16N4O2S/c19-13-4-3-10(9-1-2-9)17-18(13)12-8-20-7-11(12)16-14-15-5-6-21-14/h3-6,9,11-12H,1-2,7-8H2,(H,15,16). The fourth-order valence-corrected chi connectivity index (χ4v) is 3.24. The second kappa shape index (κ2) is 5.23. The number of anilines is 1. The van der Waals surface area contributed by atoms with E-state index in [1.165, 1.54) is 12.8 Å². The first-order chi connectivity index (χ1) is 10.3. The van der Waals surface area contributed by atoms with Crippen molar-refractivity contribution in [3.63, 3.8) is 0 Å². The van der Waals surface area contributed by atoms with Gasteiger partial charge in [-0.15, -0.1) is 11.3 Å². The third-order valence-electron chi connectivity index (χ3n) is 3.95. The van der Waals surface area contributed by atoms with Crippen molar-refractivity contribution in [1.82, 2.24) is 14.8 Å². The van der Waals surface area contributed by atoms with Crippen molar-refractivity contribution in [3.05, 3.63) is 39.8 Å². The van der Waals surface area contributed by atoms with Crippen molar-refractivity contribution >= 4 is 16.5 Å². The largest absolute Gasteiger partial charge is 0.377 e. The van der Waals surface area contributed by atoms with E-state index >= 15 is 0 Å². The van der Waals surface area contributed by atoms with Gasteiger partial charge in [0.2, 0.25) is 0 Å². The molecule has 6 nitrogen and oxygen atoms in total. The molecule has 2 fully saturated rings. The van der Waals surface area contributed by atoms with Gasteiger partial charge in [0.05, 0.1) is 24.9 Å². The van der Waals surface area contributed by atoms with Gasteiger partial charge in [-0.3, -0.25) is 4.79 Å². The second-order valence-corrected chi connectivity index (χ2v) is 6.40. The lowest BCUT2D eigenvalue weighted by Crippen LogP contribution is -2.37. The maximum atomic E-state index is 12.2. The average Bonchev–Trinajstić information content (AvgIpc) is 3.03. The molecule has 3 heterocycles. The minimum Gasteiger partial charge on any atom is -0.377 e. The summed E-state index contributed by atoms with van der Waals surface area (Å²) in [7, 11) is 0. The summed E-state index contributed by atoms with van der Waals surface area (Å²) in [5.74, 6) is 0.532. The van der Waals surface area contributed by atoms with Gasteiger partial charge in [0, 0.05) is 23.6 Å². The molecular weight excluding hydrogens is 288 g/mol. The minimum absolute atomic E-state index is 0.0239. The lowest BCUT2D eigenvalue weighted by atomic mass is 10.2. The molecule has 2 atom stereocenters. The van der Waals surface area contributed by atoms with Crippen LogP contribution >= 0.6 is 11.3 Å². The van der Waals surface area contributed by atoms with Crippen LogP contribution in [0.15, 0.2) is 28.5 Å². The van der Waals surface area contributed by atoms with E-state index < -0.39 is 0 Å². The lowest BCUT2D eigenvalue weighted by molar-refractivity contribution is 0.182. The molecule has 0 amide bonds. The molecule has 110 valence electrons. The maximum absolute atomic E-state index is 12.2. The maximum Gasteiger partial charge on any atom is 0.267 e. The summed E-state index contributed by atoms with van der Waals surface area (Å²) in [5, 5.41) is 10.7. The Kier molecular flexibility index (Phi) is 3.23. The zero-order chi connectivity index (χ0) is 14.2. The zero-order valence-corrected chi connectivity index (χ0v) is 12.3. The number of rotatable bonds is 4. The van der Waals surface area contributed by atoms with Crippen LogP contribution in [0, 0.1) is 0 Å². The van der Waals surface area contributed by atoms with E-state index in [4.69, 9.17) is 4.74 Å². The quantitative estimate of drug-likeness (QED) is 0.930. The van der Waals surface area contributed by atoms with Gasteiger partial charge >= 0.3 is 0 Å². The molecule has 1 aliphatic heterocycles. The topological polar surface area (TPSA) is 69.0 Å². The molecule has 0 spiro atoms. The number of ether oxygens (including phenoxy) is 1. The van der Waals surface area contributed by atoms with Gasteiger partial charge in [-0.05, 0) is 18.9 Å². The highest BCUT2D eigenvalue weighted by molar-refractivity contribution is 7.13. The van der Waals surface area contributed by atoms with Crippen LogP contribution in [-0.2, 0) is 4.74 Å². The fourth-order valence-electron chi connectivity index (χ4n) is 2.65. The smallest absolute Gasteiger partial charge is 0.267 e. The van der Waals surface area contributed by atoms with Gasteiger partial charge in [-0.25, -0.2) is 9.67 Å². The summed E-state index contributed by atoms with van der Waals surface area (Å²) in [6, 6.07) is 3.42. The van der Waals surface area contributed by atoms with Crippen molar-refractivity contribution in [2.24, 2.45) is 0 Å². The van der Waals surface area contributed by atoms with E-state index in [2.05, 4.69) is 15.4 Å². The first-order valence-electron chi connectivity index (χ1n) is 7.15. The molecule has 21 heavy (non-hydrogen) atoms. The van der Waals surface area contributed by atoms with E-state index in [1.807, 2.05) is 11.4 Å². The predicted molar refractivity (Wildman–Crippen MR) is 79.9 cm³/mol. The lowest BCUT2D eigenvalue weighted by Gasteiger charge is -2.20. The number of nitrogens with zero attached hydrogens (tertiary/aromatic N) is 3. The summed E-state index contributed by atoms with van der Waals surface area (Å²) >= 11 is 1.54. The molecule has 0 radical (unpaired) electrons. The van der Waals surface area contributed by atoms with Crippen LogP contribution in [0.4, 0.5) is 5.13 Å². The number of aromatic nitrogens is 3. The summed E-state index contributed by atoms with van der Waals surface area (Å²) in [4.78, 5) is 16.4. The predicted octanol–water partition coefficient (Wildman–Crippen LogP) is 1.63. The molecule has 1 aliphatic carbocycles. The Hall–Kier alpha value is -1.73. The Morgan fingerprint density at radius 1 is 1.33 bits per heavy atom. The van der Waals surface area contributed by atoms with Crippen LogP contribution in [0.5, 0.6) is 0 Å². The molecule has 7 heteroatoms. The molecule has 1 saturated carbocycles. The van der Waals surface area contributed by atoms with Crippen molar-refractivity contribution in [3.8, 4) is 0 Å². The Bertz CT molecular complexity index is 681. The number of thiazole rings is 1. The highest BCUT2D eigenvalue weighted by Gasteiger charge is 2.33. The molecular formula is C14H16N4O2S. The third-order valence-corrected chi connectivity index (χ3v) is 4.65. The highest BCUT2D eigenvalue weighted by Crippen LogP contribution is 2.38. The SMILES string of the molecule is O=c1ccc(C2CC2)nn1C1COCC1Nc1nccs1. The van der Waals surface area contributed by atoms with Gasteiger partial charge in [0.1, 0.15) is 6.04 Å². The summed E-state index contributed by atoms with van der Waals surface area (Å²) in [6.07, 6.45) is 4.11. The second-order valence-electron chi connectivity index (χ2n) is 5.51. The van der Waals surface area contributed by atoms with Gasteiger partial charge in [0.25, 0.3) is 5.56 Å². The van der Waals surface area contributed by atoms with Crippen LogP contribution in [0.25, 0.3) is 0 Å². The zero-order valence-electron chi connectivity index (χ0n) is 11.4. The normalized spacial score (nSPS) is 25.1. The molecule has 2 aromatic heterocycles. The summed E-state index contributed by atoms with van der Waals surface area (Å²) in [5.41, 5.74) is 0.954. The Morgan fingerprint density at radius 3 is 3.00 bits per heavy atom. The van der Waals surface area contributed by atoms with Crippen LogP contribution in [0.1, 0.15) is 30.5 Å². The molecule has 2 aliphatic rings. The number of hydrogen-bond acceptors (Lipinski definition) is 6. The average molecular weight is 304 g/mol. The van der Waals surface area contributed by atoms with Gasteiger partial charge in [-0.2, -0.15) is 5.10 Å². The monoisotopic (exact) mass is 304 g/mol. The van der Waals surface area contributed by atoms with Crippen molar-refractivity contribution in [1.29, 1.82) is 0 Å². The van der Waals surface area contributed by atoms with E-state index in [9.17, 15) is 4.79 Å². The fraction of sp³-hybridized carbons (Fsp3) is 0.500. The van der Waals surface area contributed by atoms with Crippen molar-refractivity contribution in [2.75, 3.05) is 18.5 Å². The molecule has 4 rings (SSSR count). The van der Waals surface area contributed by atoms with E-state index in [0.717, 1.165) is 10.8 Å². The molecule has 2 aromatic rings. The van der Waals surface area contributed by atoms with Gasteiger partial charge < -0.3 is 10.1 Å². The van der Waals surface area contributed by atoms with E-state index in [-0.39, 0.29) is 17.6 Å². The molecule has 1 saturated heterocycles.